The van der Waals surface area contributed by atoms with Crippen LogP contribution in [0.1, 0.15) is 47.3 Å². The molecule has 0 bridgehead atoms. The second-order valence-electron chi connectivity index (χ2n) is 6.88. The van der Waals surface area contributed by atoms with Crippen molar-refractivity contribution in [2.75, 3.05) is 13.1 Å². The molecule has 0 aliphatic carbocycles. The molecule has 1 aliphatic rings. The van der Waals surface area contributed by atoms with Crippen molar-refractivity contribution < 1.29 is 9.59 Å². The molecule has 2 N–H and O–H groups in total. The third kappa shape index (κ3) is 3.10. The SMILES string of the molecule is CCCNC(=O)CCN1C(=O)c2ccccc2C1c1c[nH]c2ccccc12. The lowest BCUT2D eigenvalue weighted by Gasteiger charge is -2.25. The van der Waals surface area contributed by atoms with Gasteiger partial charge in [-0.05, 0) is 24.1 Å². The molecule has 0 fully saturated rings. The Labute approximate surface area is 158 Å². The first-order valence-electron chi connectivity index (χ1n) is 9.43. The lowest BCUT2D eigenvalue weighted by molar-refractivity contribution is -0.121. The number of fused-ring (bicyclic) bond motifs is 2. The minimum atomic E-state index is -0.177. The molecule has 2 aromatic carbocycles. The molecule has 1 aliphatic heterocycles. The minimum Gasteiger partial charge on any atom is -0.361 e. The fourth-order valence-electron chi connectivity index (χ4n) is 3.83. The number of carbonyl (C=O) groups excluding carboxylic acids is 2. The molecule has 27 heavy (non-hydrogen) atoms. The van der Waals surface area contributed by atoms with Crippen LogP contribution in [0.3, 0.4) is 0 Å². The van der Waals surface area contributed by atoms with Gasteiger partial charge < -0.3 is 15.2 Å². The van der Waals surface area contributed by atoms with Gasteiger partial charge in [-0.3, -0.25) is 9.59 Å². The fraction of sp³-hybridized carbons (Fsp3) is 0.273. The van der Waals surface area contributed by atoms with E-state index >= 15 is 0 Å². The maximum Gasteiger partial charge on any atom is 0.255 e. The van der Waals surface area contributed by atoms with Gasteiger partial charge in [-0.2, -0.15) is 0 Å². The van der Waals surface area contributed by atoms with Crippen molar-refractivity contribution in [1.82, 2.24) is 15.2 Å². The summed E-state index contributed by atoms with van der Waals surface area (Å²) in [5.74, 6) is -0.0255. The van der Waals surface area contributed by atoms with E-state index in [1.54, 1.807) is 0 Å². The third-order valence-corrected chi connectivity index (χ3v) is 5.13. The smallest absolute Gasteiger partial charge is 0.255 e. The van der Waals surface area contributed by atoms with Crippen molar-refractivity contribution in [3.05, 3.63) is 71.4 Å². The first-order chi connectivity index (χ1) is 13.2. The summed E-state index contributed by atoms with van der Waals surface area (Å²) in [5, 5.41) is 3.99. The summed E-state index contributed by atoms with van der Waals surface area (Å²) in [7, 11) is 0. The van der Waals surface area contributed by atoms with Crippen LogP contribution in [0, 0.1) is 0 Å². The highest BCUT2D eigenvalue weighted by Gasteiger charge is 2.38. The van der Waals surface area contributed by atoms with Crippen LogP contribution in [0.15, 0.2) is 54.7 Å². The normalized spacial score (nSPS) is 16.0. The lowest BCUT2D eigenvalue weighted by atomic mass is 9.97. The van der Waals surface area contributed by atoms with E-state index in [2.05, 4.69) is 16.4 Å². The molecule has 3 aromatic rings. The van der Waals surface area contributed by atoms with Crippen LogP contribution >= 0.6 is 0 Å². The Morgan fingerprint density at radius 2 is 1.89 bits per heavy atom. The third-order valence-electron chi connectivity index (χ3n) is 5.13. The second-order valence-corrected chi connectivity index (χ2v) is 6.88. The van der Waals surface area contributed by atoms with Gasteiger partial charge in [-0.15, -0.1) is 0 Å². The molecule has 0 saturated carbocycles. The zero-order valence-electron chi connectivity index (χ0n) is 15.4. The zero-order valence-corrected chi connectivity index (χ0v) is 15.4. The van der Waals surface area contributed by atoms with Gasteiger partial charge in [0.25, 0.3) is 5.91 Å². The molecular formula is C22H23N3O2. The number of benzene rings is 2. The topological polar surface area (TPSA) is 65.2 Å². The number of aromatic nitrogens is 1. The summed E-state index contributed by atoms with van der Waals surface area (Å²) in [4.78, 5) is 30.3. The summed E-state index contributed by atoms with van der Waals surface area (Å²) < 4.78 is 0. The number of para-hydroxylation sites is 1. The average Bonchev–Trinajstić information content (AvgIpc) is 3.24. The van der Waals surface area contributed by atoms with Crippen LogP contribution in [0.25, 0.3) is 10.9 Å². The van der Waals surface area contributed by atoms with Crippen LogP contribution in [0.5, 0.6) is 0 Å². The number of carbonyl (C=O) groups is 2. The molecule has 0 spiro atoms. The monoisotopic (exact) mass is 361 g/mol. The Hall–Kier alpha value is -3.08. The van der Waals surface area contributed by atoms with Crippen LogP contribution in [0.2, 0.25) is 0 Å². The van der Waals surface area contributed by atoms with Crippen molar-refractivity contribution in [3.8, 4) is 0 Å². The predicted octanol–water partition coefficient (Wildman–Crippen LogP) is 3.63. The van der Waals surface area contributed by atoms with Crippen LogP contribution in [0.4, 0.5) is 0 Å². The number of amides is 2. The molecule has 2 amide bonds. The molecule has 1 aromatic heterocycles. The Bertz CT molecular complexity index is 992. The maximum absolute atomic E-state index is 13.0. The number of nitrogens with one attached hydrogen (secondary N) is 2. The number of H-pyrrole nitrogens is 1. The van der Waals surface area contributed by atoms with E-state index in [0.717, 1.165) is 34.0 Å². The standard InChI is InChI=1S/C22H23N3O2/c1-2-12-23-20(26)11-13-25-21(16-8-3-4-9-17(16)22(25)27)18-14-24-19-10-6-5-7-15(18)19/h3-10,14,21,24H,2,11-13H2,1H3,(H,23,26). The molecule has 4 rings (SSSR count). The first kappa shape index (κ1) is 17.3. The highest BCUT2D eigenvalue weighted by Crippen LogP contribution is 2.40. The number of nitrogens with zero attached hydrogens (tertiary/aromatic N) is 1. The maximum atomic E-state index is 13.0. The van der Waals surface area contributed by atoms with Gasteiger partial charge in [0.2, 0.25) is 5.91 Å². The lowest BCUT2D eigenvalue weighted by Crippen LogP contribution is -2.34. The number of rotatable bonds is 6. The van der Waals surface area contributed by atoms with Gasteiger partial charge >= 0.3 is 0 Å². The van der Waals surface area contributed by atoms with E-state index < -0.39 is 0 Å². The highest BCUT2D eigenvalue weighted by atomic mass is 16.2. The number of hydrogen-bond donors (Lipinski definition) is 2. The van der Waals surface area contributed by atoms with Crippen LogP contribution in [-0.2, 0) is 4.79 Å². The summed E-state index contributed by atoms with van der Waals surface area (Å²) in [6.07, 6.45) is 3.19. The van der Waals surface area contributed by atoms with E-state index in [-0.39, 0.29) is 17.9 Å². The van der Waals surface area contributed by atoms with Crippen molar-refractivity contribution in [3.63, 3.8) is 0 Å². The summed E-state index contributed by atoms with van der Waals surface area (Å²) in [6, 6.07) is 15.7. The van der Waals surface area contributed by atoms with E-state index in [4.69, 9.17) is 0 Å². The number of hydrogen-bond acceptors (Lipinski definition) is 2. The number of aromatic amines is 1. The van der Waals surface area contributed by atoms with Crippen LogP contribution in [-0.4, -0.2) is 34.8 Å². The van der Waals surface area contributed by atoms with Crippen molar-refractivity contribution >= 4 is 22.7 Å². The van der Waals surface area contributed by atoms with Gasteiger partial charge in [0.1, 0.15) is 0 Å². The molecule has 5 heteroatoms. The zero-order chi connectivity index (χ0) is 18.8. The summed E-state index contributed by atoms with van der Waals surface area (Å²) >= 11 is 0. The second kappa shape index (κ2) is 7.27. The van der Waals surface area contributed by atoms with Crippen molar-refractivity contribution in [1.29, 1.82) is 0 Å². The molecule has 1 atom stereocenters. The van der Waals surface area contributed by atoms with Gasteiger partial charge in [0.05, 0.1) is 6.04 Å². The molecule has 5 nitrogen and oxygen atoms in total. The Morgan fingerprint density at radius 3 is 2.74 bits per heavy atom. The van der Waals surface area contributed by atoms with Crippen molar-refractivity contribution in [2.24, 2.45) is 0 Å². The van der Waals surface area contributed by atoms with Crippen LogP contribution < -0.4 is 5.32 Å². The molecule has 1 unspecified atom stereocenters. The average molecular weight is 361 g/mol. The van der Waals surface area contributed by atoms with E-state index in [9.17, 15) is 9.59 Å². The van der Waals surface area contributed by atoms with Gasteiger partial charge in [0, 0.05) is 47.7 Å². The van der Waals surface area contributed by atoms with Gasteiger partial charge in [0.15, 0.2) is 0 Å². The summed E-state index contributed by atoms with van der Waals surface area (Å²) in [6.45, 7) is 3.08. The Kier molecular flexibility index (Phi) is 4.67. The van der Waals surface area contributed by atoms with E-state index in [1.165, 1.54) is 0 Å². The largest absolute Gasteiger partial charge is 0.361 e. The molecule has 138 valence electrons. The Morgan fingerprint density at radius 1 is 1.11 bits per heavy atom. The fourth-order valence-corrected chi connectivity index (χ4v) is 3.83. The predicted molar refractivity (Wildman–Crippen MR) is 106 cm³/mol. The van der Waals surface area contributed by atoms with E-state index in [1.807, 2.05) is 60.5 Å². The molecule has 0 saturated heterocycles. The quantitative estimate of drug-likeness (QED) is 0.704. The van der Waals surface area contributed by atoms with Crippen molar-refractivity contribution in [2.45, 2.75) is 25.8 Å². The van der Waals surface area contributed by atoms with E-state index in [0.29, 0.717) is 19.5 Å². The first-order valence-corrected chi connectivity index (χ1v) is 9.43. The summed E-state index contributed by atoms with van der Waals surface area (Å²) in [5.41, 5.74) is 3.84. The molecule has 0 radical (unpaired) electrons. The van der Waals surface area contributed by atoms with Gasteiger partial charge in [-0.1, -0.05) is 43.3 Å². The van der Waals surface area contributed by atoms with Gasteiger partial charge in [-0.25, -0.2) is 0 Å². The Balaban J connectivity index is 1.69. The molecular weight excluding hydrogens is 338 g/mol. The highest BCUT2D eigenvalue weighted by molar-refractivity contribution is 6.01. The molecule has 2 heterocycles. The minimum absolute atomic E-state index is 0.0100.